The van der Waals surface area contributed by atoms with E-state index in [0.717, 1.165) is 18.2 Å². The van der Waals surface area contributed by atoms with Crippen molar-refractivity contribution in [1.29, 1.82) is 0 Å². The van der Waals surface area contributed by atoms with E-state index in [0.29, 0.717) is 6.07 Å². The number of carboxylic acid groups (broad SMARTS) is 1. The molecule has 0 aliphatic heterocycles. The minimum Gasteiger partial charge on any atom is -0.478 e. The molecular formula is C8H6ClF3O2. The number of aromatic carboxylic acids is 1. The first-order chi connectivity index (χ1) is 5.91. The van der Waals surface area contributed by atoms with E-state index in [4.69, 9.17) is 5.11 Å². The Morgan fingerprint density at radius 1 is 1.29 bits per heavy atom. The van der Waals surface area contributed by atoms with Gasteiger partial charge in [0.15, 0.2) is 0 Å². The second-order valence-corrected chi connectivity index (χ2v) is 2.38. The maximum absolute atomic E-state index is 12.0. The molecule has 0 radical (unpaired) electrons. The maximum atomic E-state index is 12.0. The molecule has 0 heterocycles. The molecule has 0 saturated carbocycles. The molecule has 0 spiro atoms. The molecule has 0 atom stereocenters. The van der Waals surface area contributed by atoms with Gasteiger partial charge in [-0.1, -0.05) is 6.07 Å². The maximum Gasteiger partial charge on any atom is 0.416 e. The van der Waals surface area contributed by atoms with Crippen molar-refractivity contribution >= 4 is 18.4 Å². The fourth-order valence-electron chi connectivity index (χ4n) is 0.829. The Hall–Kier alpha value is -1.23. The van der Waals surface area contributed by atoms with Crippen molar-refractivity contribution in [1.82, 2.24) is 0 Å². The first kappa shape index (κ1) is 12.8. The van der Waals surface area contributed by atoms with E-state index in [9.17, 15) is 18.0 Å². The first-order valence-corrected chi connectivity index (χ1v) is 3.32. The van der Waals surface area contributed by atoms with Gasteiger partial charge >= 0.3 is 12.1 Å². The van der Waals surface area contributed by atoms with E-state index in [1.54, 1.807) is 0 Å². The standard InChI is InChI=1S/C8H5F3O2.ClH/c9-8(10,11)6-3-1-2-5(4-6)7(12)13;/h1-4H,(H,12,13);1H. The summed E-state index contributed by atoms with van der Waals surface area (Å²) in [5.41, 5.74) is -1.32. The van der Waals surface area contributed by atoms with Crippen molar-refractivity contribution in [2.45, 2.75) is 6.18 Å². The Bertz CT molecular complexity index is 336. The summed E-state index contributed by atoms with van der Waals surface area (Å²) in [4.78, 5) is 10.3. The number of benzene rings is 1. The van der Waals surface area contributed by atoms with Crippen molar-refractivity contribution in [3.05, 3.63) is 35.4 Å². The average molecular weight is 227 g/mol. The van der Waals surface area contributed by atoms with Crippen molar-refractivity contribution in [3.63, 3.8) is 0 Å². The zero-order chi connectivity index (χ0) is 10.1. The zero-order valence-corrected chi connectivity index (χ0v) is 7.52. The zero-order valence-electron chi connectivity index (χ0n) is 6.71. The predicted molar refractivity (Wildman–Crippen MR) is 45.7 cm³/mol. The van der Waals surface area contributed by atoms with E-state index < -0.39 is 17.7 Å². The Morgan fingerprint density at radius 2 is 1.86 bits per heavy atom. The van der Waals surface area contributed by atoms with Crippen LogP contribution >= 0.6 is 12.4 Å². The van der Waals surface area contributed by atoms with Crippen LogP contribution in [-0.4, -0.2) is 11.1 Å². The van der Waals surface area contributed by atoms with Gasteiger partial charge in [0.1, 0.15) is 0 Å². The molecule has 0 unspecified atom stereocenters. The van der Waals surface area contributed by atoms with Gasteiger partial charge in [-0.2, -0.15) is 13.2 Å². The Morgan fingerprint density at radius 3 is 2.29 bits per heavy atom. The quantitative estimate of drug-likeness (QED) is 0.800. The van der Waals surface area contributed by atoms with Crippen LogP contribution in [0.25, 0.3) is 0 Å². The second kappa shape index (κ2) is 4.32. The number of halogens is 4. The van der Waals surface area contributed by atoms with Crippen LogP contribution in [0, 0.1) is 0 Å². The van der Waals surface area contributed by atoms with E-state index >= 15 is 0 Å². The number of alkyl halides is 3. The van der Waals surface area contributed by atoms with Crippen molar-refractivity contribution < 1.29 is 23.1 Å². The molecule has 0 bridgehead atoms. The van der Waals surface area contributed by atoms with Crippen molar-refractivity contribution in [2.75, 3.05) is 0 Å². The number of hydrogen-bond donors (Lipinski definition) is 1. The summed E-state index contributed by atoms with van der Waals surface area (Å²) >= 11 is 0. The molecule has 2 nitrogen and oxygen atoms in total. The third-order valence-corrected chi connectivity index (χ3v) is 1.44. The minimum atomic E-state index is -4.49. The van der Waals surface area contributed by atoms with Gasteiger partial charge in [-0.25, -0.2) is 4.79 Å². The van der Waals surface area contributed by atoms with Crippen molar-refractivity contribution in [3.8, 4) is 0 Å². The normalized spacial score (nSPS) is 10.5. The highest BCUT2D eigenvalue weighted by Crippen LogP contribution is 2.29. The third-order valence-electron chi connectivity index (χ3n) is 1.44. The van der Waals surface area contributed by atoms with Gasteiger partial charge in [-0.05, 0) is 18.2 Å². The molecule has 1 aromatic carbocycles. The van der Waals surface area contributed by atoms with Crippen LogP contribution in [0.15, 0.2) is 24.3 Å². The molecule has 1 aromatic rings. The van der Waals surface area contributed by atoms with Gasteiger partial charge < -0.3 is 5.11 Å². The van der Waals surface area contributed by atoms with E-state index in [1.807, 2.05) is 0 Å². The molecule has 6 heteroatoms. The number of rotatable bonds is 1. The van der Waals surface area contributed by atoms with Gasteiger partial charge in [0.25, 0.3) is 0 Å². The largest absolute Gasteiger partial charge is 0.478 e. The lowest BCUT2D eigenvalue weighted by Gasteiger charge is -2.06. The molecule has 0 aliphatic rings. The molecular weight excluding hydrogens is 221 g/mol. The van der Waals surface area contributed by atoms with Crippen LogP contribution in [0.2, 0.25) is 0 Å². The first-order valence-electron chi connectivity index (χ1n) is 3.32. The highest BCUT2D eigenvalue weighted by atomic mass is 35.5. The summed E-state index contributed by atoms with van der Waals surface area (Å²) in [6.45, 7) is 0. The van der Waals surface area contributed by atoms with Gasteiger partial charge in [0, 0.05) is 0 Å². The number of carbonyl (C=O) groups is 1. The summed E-state index contributed by atoms with van der Waals surface area (Å²) in [6, 6.07) is 3.60. The fraction of sp³-hybridized carbons (Fsp3) is 0.125. The molecule has 78 valence electrons. The Kier molecular flexibility index (Phi) is 3.94. The van der Waals surface area contributed by atoms with Gasteiger partial charge in [-0.15, -0.1) is 12.4 Å². The lowest BCUT2D eigenvalue weighted by molar-refractivity contribution is -0.137. The fourth-order valence-corrected chi connectivity index (χ4v) is 0.829. The van der Waals surface area contributed by atoms with Crippen LogP contribution in [0.1, 0.15) is 15.9 Å². The molecule has 1 N–H and O–H groups in total. The van der Waals surface area contributed by atoms with Crippen LogP contribution in [-0.2, 0) is 6.18 Å². The summed E-state index contributed by atoms with van der Waals surface area (Å²) in [5, 5.41) is 8.41. The smallest absolute Gasteiger partial charge is 0.416 e. The Balaban J connectivity index is 0.00000169. The molecule has 0 aliphatic carbocycles. The third kappa shape index (κ3) is 2.92. The monoisotopic (exact) mass is 226 g/mol. The van der Waals surface area contributed by atoms with E-state index in [2.05, 4.69) is 0 Å². The summed E-state index contributed by atoms with van der Waals surface area (Å²) in [5.74, 6) is -1.37. The summed E-state index contributed by atoms with van der Waals surface area (Å²) in [6.07, 6.45) is -4.49. The lowest BCUT2D eigenvalue weighted by Crippen LogP contribution is -2.06. The second-order valence-electron chi connectivity index (χ2n) is 2.38. The predicted octanol–water partition coefficient (Wildman–Crippen LogP) is 2.83. The molecule has 1 rings (SSSR count). The van der Waals surface area contributed by atoms with Crippen LogP contribution < -0.4 is 0 Å². The van der Waals surface area contributed by atoms with Gasteiger partial charge in [-0.3, -0.25) is 0 Å². The van der Waals surface area contributed by atoms with E-state index in [1.165, 1.54) is 0 Å². The molecule has 0 fully saturated rings. The highest BCUT2D eigenvalue weighted by molar-refractivity contribution is 5.87. The summed E-state index contributed by atoms with van der Waals surface area (Å²) in [7, 11) is 0. The minimum absolute atomic E-state index is 0. The topological polar surface area (TPSA) is 37.3 Å². The average Bonchev–Trinajstić information content (AvgIpc) is 2.03. The number of carboxylic acids is 1. The van der Waals surface area contributed by atoms with Gasteiger partial charge in [0.05, 0.1) is 11.1 Å². The molecule has 0 aromatic heterocycles. The molecule has 0 saturated heterocycles. The summed E-state index contributed by atoms with van der Waals surface area (Å²) < 4.78 is 36.1. The Labute approximate surface area is 83.8 Å². The van der Waals surface area contributed by atoms with Crippen molar-refractivity contribution in [2.24, 2.45) is 0 Å². The van der Waals surface area contributed by atoms with Crippen LogP contribution in [0.5, 0.6) is 0 Å². The van der Waals surface area contributed by atoms with Crippen LogP contribution in [0.4, 0.5) is 13.2 Å². The van der Waals surface area contributed by atoms with Gasteiger partial charge in [0.2, 0.25) is 0 Å². The van der Waals surface area contributed by atoms with E-state index in [-0.39, 0.29) is 18.0 Å². The molecule has 14 heavy (non-hydrogen) atoms. The SMILES string of the molecule is Cl.O=C(O)c1cccc(C(F)(F)F)c1. The number of hydrogen-bond acceptors (Lipinski definition) is 1. The highest BCUT2D eigenvalue weighted by Gasteiger charge is 2.30. The van der Waals surface area contributed by atoms with Crippen LogP contribution in [0.3, 0.4) is 0 Å². The lowest BCUT2D eigenvalue weighted by atomic mass is 10.1. The molecule has 0 amide bonds.